The molecule has 1 unspecified atom stereocenters. The number of rotatable bonds is 7. The highest BCUT2D eigenvalue weighted by Gasteiger charge is 2.32. The zero-order valence-electron chi connectivity index (χ0n) is 16.4. The maximum absolute atomic E-state index is 13.9. The van der Waals surface area contributed by atoms with Crippen LogP contribution in [0.2, 0.25) is 0 Å². The van der Waals surface area contributed by atoms with Gasteiger partial charge in [0, 0.05) is 24.5 Å². The van der Waals surface area contributed by atoms with Crippen molar-refractivity contribution >= 4 is 17.7 Å². The highest BCUT2D eigenvalue weighted by atomic mass is 32.2. The molecule has 1 saturated heterocycles. The van der Waals surface area contributed by atoms with E-state index >= 15 is 0 Å². The standard InChI is InChI=1S/C20H32FN3OS/c1-5-22-19(23-14-20(26-6-2)9-11-25-12-10-20)24-16(4)17-8-7-15(3)18(21)13-17/h7-8,13,16H,5-6,9-12,14H2,1-4H3,(H2,22,23,24). The lowest BCUT2D eigenvalue weighted by molar-refractivity contribution is 0.0793. The molecule has 0 aliphatic carbocycles. The predicted molar refractivity (Wildman–Crippen MR) is 110 cm³/mol. The zero-order valence-corrected chi connectivity index (χ0v) is 17.2. The minimum Gasteiger partial charge on any atom is -0.381 e. The third-order valence-corrected chi connectivity index (χ3v) is 6.21. The summed E-state index contributed by atoms with van der Waals surface area (Å²) in [4.78, 5) is 4.86. The molecule has 2 N–H and O–H groups in total. The van der Waals surface area contributed by atoms with Gasteiger partial charge in [-0.05, 0) is 56.6 Å². The summed E-state index contributed by atoms with van der Waals surface area (Å²) in [6, 6.07) is 5.37. The average Bonchev–Trinajstić information content (AvgIpc) is 2.63. The second-order valence-electron chi connectivity index (χ2n) is 6.80. The van der Waals surface area contributed by atoms with Crippen molar-refractivity contribution in [2.45, 2.75) is 51.3 Å². The zero-order chi connectivity index (χ0) is 19.0. The topological polar surface area (TPSA) is 45.7 Å². The Hall–Kier alpha value is -1.27. The van der Waals surface area contributed by atoms with Crippen LogP contribution in [0.1, 0.15) is 50.8 Å². The molecule has 0 spiro atoms. The molecule has 1 atom stereocenters. The summed E-state index contributed by atoms with van der Waals surface area (Å²) in [6.07, 6.45) is 2.07. The van der Waals surface area contributed by atoms with Crippen molar-refractivity contribution in [3.63, 3.8) is 0 Å². The molecule has 0 saturated carbocycles. The van der Waals surface area contributed by atoms with Crippen LogP contribution in [0.25, 0.3) is 0 Å². The van der Waals surface area contributed by atoms with Gasteiger partial charge in [0.25, 0.3) is 0 Å². The van der Waals surface area contributed by atoms with Crippen LogP contribution in [-0.2, 0) is 4.74 Å². The van der Waals surface area contributed by atoms with Gasteiger partial charge < -0.3 is 15.4 Å². The van der Waals surface area contributed by atoms with Gasteiger partial charge in [0.1, 0.15) is 5.82 Å². The summed E-state index contributed by atoms with van der Waals surface area (Å²) in [5, 5.41) is 6.72. The Bertz CT molecular complexity index is 597. The van der Waals surface area contributed by atoms with Crippen molar-refractivity contribution < 1.29 is 9.13 Å². The van der Waals surface area contributed by atoms with Gasteiger partial charge in [-0.25, -0.2) is 4.39 Å². The third kappa shape index (κ3) is 5.88. The van der Waals surface area contributed by atoms with Crippen molar-refractivity contribution in [2.75, 3.05) is 32.1 Å². The number of hydrogen-bond donors (Lipinski definition) is 2. The van der Waals surface area contributed by atoms with Crippen molar-refractivity contribution in [1.29, 1.82) is 0 Å². The summed E-state index contributed by atoms with van der Waals surface area (Å²) in [5.74, 6) is 1.69. The van der Waals surface area contributed by atoms with Crippen LogP contribution >= 0.6 is 11.8 Å². The van der Waals surface area contributed by atoms with Gasteiger partial charge in [-0.15, -0.1) is 0 Å². The predicted octanol–water partition coefficient (Wildman–Crippen LogP) is 4.05. The van der Waals surface area contributed by atoms with E-state index in [9.17, 15) is 4.39 Å². The summed E-state index contributed by atoms with van der Waals surface area (Å²) in [5.41, 5.74) is 1.59. The second kappa shape index (κ2) is 10.2. The highest BCUT2D eigenvalue weighted by molar-refractivity contribution is 8.00. The molecule has 6 heteroatoms. The molecule has 4 nitrogen and oxygen atoms in total. The fraction of sp³-hybridized carbons (Fsp3) is 0.650. The van der Waals surface area contributed by atoms with Gasteiger partial charge in [0.05, 0.1) is 12.6 Å². The molecular weight excluding hydrogens is 349 g/mol. The summed E-state index contributed by atoms with van der Waals surface area (Å²) in [6.45, 7) is 11.2. The number of halogens is 1. The molecule has 0 bridgehead atoms. The van der Waals surface area contributed by atoms with Crippen LogP contribution in [0.4, 0.5) is 4.39 Å². The molecule has 1 aromatic carbocycles. The first-order chi connectivity index (χ1) is 12.5. The molecule has 1 heterocycles. The molecule has 0 radical (unpaired) electrons. The molecule has 2 rings (SSSR count). The first-order valence-corrected chi connectivity index (χ1v) is 10.5. The lowest BCUT2D eigenvalue weighted by Gasteiger charge is -2.35. The fourth-order valence-corrected chi connectivity index (χ4v) is 4.33. The quantitative estimate of drug-likeness (QED) is 0.552. The highest BCUT2D eigenvalue weighted by Crippen LogP contribution is 2.35. The van der Waals surface area contributed by atoms with Crippen LogP contribution in [0.15, 0.2) is 23.2 Å². The Balaban J connectivity index is 2.08. The first-order valence-electron chi connectivity index (χ1n) is 9.52. The van der Waals surface area contributed by atoms with Crippen molar-refractivity contribution in [1.82, 2.24) is 10.6 Å². The van der Waals surface area contributed by atoms with Crippen LogP contribution in [0.3, 0.4) is 0 Å². The first kappa shape index (κ1) is 21.0. The maximum atomic E-state index is 13.9. The molecular formula is C20H32FN3OS. The minimum atomic E-state index is -0.168. The van der Waals surface area contributed by atoms with Gasteiger partial charge in [-0.2, -0.15) is 11.8 Å². The molecule has 26 heavy (non-hydrogen) atoms. The summed E-state index contributed by atoms with van der Waals surface area (Å²) in [7, 11) is 0. The smallest absolute Gasteiger partial charge is 0.191 e. The van der Waals surface area contributed by atoms with Gasteiger partial charge in [0.15, 0.2) is 5.96 Å². The van der Waals surface area contributed by atoms with E-state index < -0.39 is 0 Å². The lowest BCUT2D eigenvalue weighted by atomic mass is 9.99. The van der Waals surface area contributed by atoms with Crippen molar-refractivity contribution in [2.24, 2.45) is 4.99 Å². The van der Waals surface area contributed by atoms with Gasteiger partial charge in [-0.1, -0.05) is 19.1 Å². The van der Waals surface area contributed by atoms with E-state index in [1.54, 1.807) is 13.0 Å². The van der Waals surface area contributed by atoms with E-state index in [1.807, 2.05) is 30.8 Å². The maximum Gasteiger partial charge on any atom is 0.191 e. The number of hydrogen-bond acceptors (Lipinski definition) is 3. The Morgan fingerprint density at radius 3 is 2.69 bits per heavy atom. The largest absolute Gasteiger partial charge is 0.381 e. The van der Waals surface area contributed by atoms with E-state index in [-0.39, 0.29) is 16.6 Å². The number of aliphatic imine (C=N–C) groups is 1. The SMILES string of the molecule is CCNC(=NCC1(SCC)CCOCC1)NC(C)c1ccc(C)c(F)c1. The third-order valence-electron chi connectivity index (χ3n) is 4.77. The van der Waals surface area contributed by atoms with Gasteiger partial charge in [-0.3, -0.25) is 4.99 Å². The number of benzene rings is 1. The number of ether oxygens (including phenoxy) is 1. The minimum absolute atomic E-state index is 0.0210. The molecule has 0 amide bonds. The van der Waals surface area contributed by atoms with E-state index in [4.69, 9.17) is 9.73 Å². The van der Waals surface area contributed by atoms with E-state index in [2.05, 4.69) is 24.5 Å². The van der Waals surface area contributed by atoms with Gasteiger partial charge in [0.2, 0.25) is 0 Å². The molecule has 1 aliphatic heterocycles. The molecule has 146 valence electrons. The average molecular weight is 382 g/mol. The Morgan fingerprint density at radius 2 is 2.08 bits per heavy atom. The number of nitrogens with zero attached hydrogens (tertiary/aromatic N) is 1. The fourth-order valence-electron chi connectivity index (χ4n) is 3.11. The van der Waals surface area contributed by atoms with Crippen molar-refractivity contribution in [3.05, 3.63) is 35.1 Å². The molecule has 0 aromatic heterocycles. The van der Waals surface area contributed by atoms with Crippen molar-refractivity contribution in [3.8, 4) is 0 Å². The number of thioether (sulfide) groups is 1. The Labute approximate surface area is 161 Å². The molecule has 1 aromatic rings. The van der Waals surface area contributed by atoms with E-state index in [0.717, 1.165) is 56.4 Å². The number of guanidine groups is 1. The Morgan fingerprint density at radius 1 is 1.35 bits per heavy atom. The summed E-state index contributed by atoms with van der Waals surface area (Å²) < 4.78 is 19.6. The van der Waals surface area contributed by atoms with Crippen LogP contribution in [0, 0.1) is 12.7 Å². The van der Waals surface area contributed by atoms with Crippen LogP contribution in [0.5, 0.6) is 0 Å². The van der Waals surface area contributed by atoms with E-state index in [0.29, 0.717) is 5.56 Å². The lowest BCUT2D eigenvalue weighted by Crippen LogP contribution is -2.42. The van der Waals surface area contributed by atoms with Crippen LogP contribution < -0.4 is 10.6 Å². The second-order valence-corrected chi connectivity index (χ2v) is 8.53. The Kier molecular flexibility index (Phi) is 8.22. The molecule has 1 aliphatic rings. The number of aryl methyl sites for hydroxylation is 1. The molecule has 1 fully saturated rings. The normalized spacial score (nSPS) is 18.4. The van der Waals surface area contributed by atoms with Crippen LogP contribution in [-0.4, -0.2) is 42.8 Å². The van der Waals surface area contributed by atoms with E-state index in [1.165, 1.54) is 0 Å². The number of nitrogens with one attached hydrogen (secondary N) is 2. The summed E-state index contributed by atoms with van der Waals surface area (Å²) >= 11 is 1.99. The van der Waals surface area contributed by atoms with Gasteiger partial charge >= 0.3 is 0 Å². The monoisotopic (exact) mass is 381 g/mol.